The molecular formula is C22H42N4O7. The van der Waals surface area contributed by atoms with Crippen molar-refractivity contribution in [2.75, 3.05) is 85.8 Å². The van der Waals surface area contributed by atoms with Gasteiger partial charge in [0.15, 0.2) is 0 Å². The Balaban J connectivity index is 1.83. The van der Waals surface area contributed by atoms with E-state index >= 15 is 0 Å². The number of rotatable bonds is 24. The lowest BCUT2D eigenvalue weighted by Gasteiger charge is -2.07. The Labute approximate surface area is 197 Å². The molecule has 0 radical (unpaired) electrons. The van der Waals surface area contributed by atoms with Crippen molar-refractivity contribution in [2.45, 2.75) is 33.2 Å². The highest BCUT2D eigenvalue weighted by Crippen LogP contribution is 1.99. The predicted octanol–water partition coefficient (Wildman–Crippen LogP) is 0.494. The van der Waals surface area contributed by atoms with E-state index in [9.17, 15) is 4.79 Å². The summed E-state index contributed by atoms with van der Waals surface area (Å²) in [4.78, 5) is 11.4. The Morgan fingerprint density at radius 1 is 0.818 bits per heavy atom. The largest absolute Gasteiger partial charge is 0.379 e. The lowest BCUT2D eigenvalue weighted by Crippen LogP contribution is -2.14. The first-order chi connectivity index (χ1) is 16.1. The van der Waals surface area contributed by atoms with Crippen LogP contribution in [0.15, 0.2) is 6.20 Å². The first kappa shape index (κ1) is 29.6. The van der Waals surface area contributed by atoms with Crippen molar-refractivity contribution in [3.8, 4) is 0 Å². The first-order valence-electron chi connectivity index (χ1n) is 11.7. The van der Waals surface area contributed by atoms with Crippen molar-refractivity contribution < 1.29 is 33.2 Å². The minimum absolute atomic E-state index is 0.0653. The minimum atomic E-state index is 0.0653. The van der Waals surface area contributed by atoms with E-state index in [0.29, 0.717) is 105 Å². The molecule has 0 aliphatic heterocycles. The van der Waals surface area contributed by atoms with Gasteiger partial charge in [0.1, 0.15) is 5.78 Å². The van der Waals surface area contributed by atoms with Gasteiger partial charge in [0.25, 0.3) is 0 Å². The van der Waals surface area contributed by atoms with Crippen LogP contribution in [0.4, 0.5) is 0 Å². The number of Topliss-reactive ketones (excluding diaryl/α,β-unsaturated/α-hetero) is 1. The molecular weight excluding hydrogens is 432 g/mol. The normalized spacial score (nSPS) is 11.5. The van der Waals surface area contributed by atoms with E-state index in [-0.39, 0.29) is 11.7 Å². The minimum Gasteiger partial charge on any atom is -0.379 e. The van der Waals surface area contributed by atoms with Gasteiger partial charge in [0.05, 0.1) is 91.5 Å². The number of hydrogen-bond donors (Lipinski definition) is 1. The summed E-state index contributed by atoms with van der Waals surface area (Å²) in [5.74, 6) is 0.288. The molecule has 0 saturated carbocycles. The van der Waals surface area contributed by atoms with E-state index in [1.807, 2.05) is 20.0 Å². The molecule has 0 amide bonds. The number of nitrogens with two attached hydrogens (primary N) is 1. The van der Waals surface area contributed by atoms with Gasteiger partial charge in [-0.15, -0.1) is 5.10 Å². The number of ketones is 1. The van der Waals surface area contributed by atoms with E-state index in [1.54, 1.807) is 4.68 Å². The molecule has 0 saturated heterocycles. The summed E-state index contributed by atoms with van der Waals surface area (Å²) in [6.45, 7) is 11.2. The number of hydrogen-bond acceptors (Lipinski definition) is 10. The molecule has 0 aliphatic carbocycles. The number of aromatic nitrogens is 3. The van der Waals surface area contributed by atoms with Gasteiger partial charge in [-0.05, 0) is 0 Å². The third-order valence-corrected chi connectivity index (χ3v) is 4.44. The van der Waals surface area contributed by atoms with E-state index in [4.69, 9.17) is 34.2 Å². The molecule has 0 spiro atoms. The summed E-state index contributed by atoms with van der Waals surface area (Å²) in [6, 6.07) is 0. The third kappa shape index (κ3) is 17.6. The van der Waals surface area contributed by atoms with Gasteiger partial charge in [0, 0.05) is 31.5 Å². The molecule has 0 aromatic carbocycles. The molecule has 2 N–H and O–H groups in total. The van der Waals surface area contributed by atoms with Crippen LogP contribution in [0.1, 0.15) is 26.0 Å². The lowest BCUT2D eigenvalue weighted by atomic mass is 10.1. The fourth-order valence-electron chi connectivity index (χ4n) is 2.53. The molecule has 0 unspecified atom stereocenters. The van der Waals surface area contributed by atoms with Crippen LogP contribution in [0, 0.1) is 5.92 Å². The molecule has 1 aromatic rings. The average molecular weight is 475 g/mol. The molecule has 0 aliphatic rings. The fourth-order valence-corrected chi connectivity index (χ4v) is 2.53. The summed E-state index contributed by atoms with van der Waals surface area (Å²) < 4.78 is 34.3. The predicted molar refractivity (Wildman–Crippen MR) is 122 cm³/mol. The zero-order chi connectivity index (χ0) is 24.0. The maximum Gasteiger partial charge on any atom is 0.137 e. The number of carbonyl (C=O) groups excluding carboxylic acids is 1. The Morgan fingerprint density at radius 2 is 1.33 bits per heavy atom. The highest BCUT2D eigenvalue weighted by molar-refractivity contribution is 5.80. The summed E-state index contributed by atoms with van der Waals surface area (Å²) in [7, 11) is 0. The molecule has 0 fully saturated rings. The lowest BCUT2D eigenvalue weighted by molar-refractivity contribution is -0.123. The van der Waals surface area contributed by atoms with Crippen molar-refractivity contribution in [3.63, 3.8) is 0 Å². The molecule has 0 bridgehead atoms. The Hall–Kier alpha value is -1.47. The zero-order valence-electron chi connectivity index (χ0n) is 20.2. The molecule has 0 atom stereocenters. The van der Waals surface area contributed by atoms with E-state index < -0.39 is 0 Å². The fraction of sp³-hybridized carbons (Fsp3) is 0.864. The number of nitrogens with zero attached hydrogens (tertiary/aromatic N) is 3. The SMILES string of the molecule is CC(C)C(=O)CCOCCOCCOCCOCCc1cn(CCOCCOCCN)nn1. The van der Waals surface area contributed by atoms with Crippen LogP contribution in [0.5, 0.6) is 0 Å². The van der Waals surface area contributed by atoms with Gasteiger partial charge in [-0.2, -0.15) is 0 Å². The second-order valence-corrected chi connectivity index (χ2v) is 7.56. The zero-order valence-corrected chi connectivity index (χ0v) is 20.2. The maximum atomic E-state index is 11.4. The summed E-state index contributed by atoms with van der Waals surface area (Å²) in [5, 5.41) is 8.21. The molecule has 11 heteroatoms. The average Bonchev–Trinajstić information content (AvgIpc) is 3.26. The standard InChI is InChI=1S/C22H42N4O7/c1-20(2)22(27)4-8-29-12-16-33-18-17-32-15-11-28-7-3-21-19-26(25-24-21)6-10-31-14-13-30-9-5-23/h19-20H,3-18,23H2,1-2H3. The van der Waals surface area contributed by atoms with Crippen molar-refractivity contribution in [2.24, 2.45) is 11.7 Å². The Bertz CT molecular complexity index is 587. The second-order valence-electron chi connectivity index (χ2n) is 7.56. The maximum absolute atomic E-state index is 11.4. The third-order valence-electron chi connectivity index (χ3n) is 4.44. The van der Waals surface area contributed by atoms with Crippen LogP contribution in [0.2, 0.25) is 0 Å². The molecule has 1 heterocycles. The van der Waals surface area contributed by atoms with Gasteiger partial charge < -0.3 is 34.2 Å². The van der Waals surface area contributed by atoms with E-state index in [1.165, 1.54) is 0 Å². The monoisotopic (exact) mass is 474 g/mol. The molecule has 33 heavy (non-hydrogen) atoms. The van der Waals surface area contributed by atoms with Crippen LogP contribution in [0.3, 0.4) is 0 Å². The second kappa shape index (κ2) is 21.1. The van der Waals surface area contributed by atoms with Crippen LogP contribution in [0.25, 0.3) is 0 Å². The highest BCUT2D eigenvalue weighted by Gasteiger charge is 2.06. The van der Waals surface area contributed by atoms with Crippen molar-refractivity contribution in [3.05, 3.63) is 11.9 Å². The topological polar surface area (TPSA) is 129 Å². The van der Waals surface area contributed by atoms with E-state index in [2.05, 4.69) is 10.3 Å². The number of ether oxygens (including phenoxy) is 6. The van der Waals surface area contributed by atoms with Gasteiger partial charge in [-0.1, -0.05) is 19.1 Å². The van der Waals surface area contributed by atoms with Gasteiger partial charge >= 0.3 is 0 Å². The quantitative estimate of drug-likeness (QED) is 0.211. The van der Waals surface area contributed by atoms with Crippen molar-refractivity contribution in [1.82, 2.24) is 15.0 Å². The van der Waals surface area contributed by atoms with Crippen LogP contribution in [-0.2, 0) is 46.2 Å². The summed E-state index contributed by atoms with van der Waals surface area (Å²) in [6.07, 6.45) is 3.05. The van der Waals surface area contributed by atoms with Crippen LogP contribution >= 0.6 is 0 Å². The first-order valence-corrected chi connectivity index (χ1v) is 11.7. The summed E-state index contributed by atoms with van der Waals surface area (Å²) >= 11 is 0. The summed E-state index contributed by atoms with van der Waals surface area (Å²) in [5.41, 5.74) is 6.22. The van der Waals surface area contributed by atoms with Crippen molar-refractivity contribution in [1.29, 1.82) is 0 Å². The van der Waals surface area contributed by atoms with Gasteiger partial charge in [-0.25, -0.2) is 4.68 Å². The smallest absolute Gasteiger partial charge is 0.137 e. The van der Waals surface area contributed by atoms with Crippen LogP contribution < -0.4 is 5.73 Å². The Kier molecular flexibility index (Phi) is 18.9. The van der Waals surface area contributed by atoms with E-state index in [0.717, 1.165) is 5.69 Å². The molecule has 1 aromatic heterocycles. The Morgan fingerprint density at radius 3 is 1.91 bits per heavy atom. The van der Waals surface area contributed by atoms with Crippen LogP contribution in [-0.4, -0.2) is 107 Å². The highest BCUT2D eigenvalue weighted by atomic mass is 16.6. The number of carbonyl (C=O) groups is 1. The van der Waals surface area contributed by atoms with Gasteiger partial charge in [0.2, 0.25) is 0 Å². The molecule has 192 valence electrons. The van der Waals surface area contributed by atoms with Gasteiger partial charge in [-0.3, -0.25) is 4.79 Å². The van der Waals surface area contributed by atoms with Crippen molar-refractivity contribution >= 4 is 5.78 Å². The molecule has 11 nitrogen and oxygen atoms in total. The molecule has 1 rings (SSSR count).